The van der Waals surface area contributed by atoms with Crippen LogP contribution in [-0.2, 0) is 11.3 Å². The van der Waals surface area contributed by atoms with Gasteiger partial charge in [-0.25, -0.2) is 4.79 Å². The number of aromatic nitrogens is 1. The van der Waals surface area contributed by atoms with Crippen LogP contribution in [0.15, 0.2) is 36.5 Å². The van der Waals surface area contributed by atoms with Gasteiger partial charge in [0.2, 0.25) is 5.69 Å². The van der Waals surface area contributed by atoms with E-state index >= 15 is 0 Å². The minimum absolute atomic E-state index is 0.209. The van der Waals surface area contributed by atoms with Gasteiger partial charge in [-0.15, -0.1) is 0 Å². The first-order valence-corrected chi connectivity index (χ1v) is 6.53. The average Bonchev–Trinajstić information content (AvgIpc) is 2.51. The first-order chi connectivity index (χ1) is 10.0. The molecule has 2 aromatic rings. The molecular formula is C16H17NO4. The van der Waals surface area contributed by atoms with Crippen LogP contribution in [0.3, 0.4) is 0 Å². The summed E-state index contributed by atoms with van der Waals surface area (Å²) in [6.45, 7) is 3.72. The van der Waals surface area contributed by atoms with Gasteiger partial charge in [0.05, 0.1) is 7.11 Å². The lowest BCUT2D eigenvalue weighted by Gasteiger charge is -2.14. The summed E-state index contributed by atoms with van der Waals surface area (Å²) in [4.78, 5) is 11.7. The molecule has 2 rings (SSSR count). The molecule has 0 unspecified atom stereocenters. The van der Waals surface area contributed by atoms with Gasteiger partial charge in [0.15, 0.2) is 11.9 Å². The highest BCUT2D eigenvalue weighted by molar-refractivity contribution is 5.91. The molecule has 0 aliphatic carbocycles. The van der Waals surface area contributed by atoms with E-state index in [0.717, 1.165) is 5.56 Å². The molecule has 0 spiro atoms. The van der Waals surface area contributed by atoms with Crippen LogP contribution in [0.2, 0.25) is 0 Å². The highest BCUT2D eigenvalue weighted by Gasteiger charge is 2.22. The van der Waals surface area contributed by atoms with Gasteiger partial charge in [0.25, 0.3) is 0 Å². The number of benzene rings is 1. The number of ether oxygens (including phenoxy) is 2. The molecule has 0 atom stereocenters. The van der Waals surface area contributed by atoms with E-state index in [2.05, 4.69) is 4.74 Å². The van der Waals surface area contributed by atoms with Crippen molar-refractivity contribution in [2.45, 2.75) is 20.5 Å². The molecular weight excluding hydrogens is 270 g/mol. The Kier molecular flexibility index (Phi) is 4.42. The van der Waals surface area contributed by atoms with Gasteiger partial charge in [-0.05, 0) is 12.5 Å². The van der Waals surface area contributed by atoms with Crippen molar-refractivity contribution in [3.63, 3.8) is 0 Å². The highest BCUT2D eigenvalue weighted by atomic mass is 16.5. The molecule has 5 nitrogen and oxygen atoms in total. The predicted octanol–water partition coefficient (Wildman–Crippen LogP) is 2.30. The Bertz CT molecular complexity index is 653. The number of carbonyl (C=O) groups excluding carboxylic acids is 1. The molecule has 1 aromatic heterocycles. The molecule has 0 saturated carbocycles. The minimum Gasteiger partial charge on any atom is -0.618 e. The number of hydrogen-bond donors (Lipinski definition) is 0. The van der Waals surface area contributed by atoms with Crippen LogP contribution in [0.4, 0.5) is 0 Å². The van der Waals surface area contributed by atoms with Crippen LogP contribution in [0.5, 0.6) is 5.75 Å². The number of rotatable bonds is 4. The van der Waals surface area contributed by atoms with Crippen molar-refractivity contribution in [3.8, 4) is 5.75 Å². The first kappa shape index (κ1) is 14.8. The van der Waals surface area contributed by atoms with Crippen molar-refractivity contribution in [2.75, 3.05) is 7.11 Å². The van der Waals surface area contributed by atoms with Crippen LogP contribution in [-0.4, -0.2) is 13.1 Å². The van der Waals surface area contributed by atoms with Crippen molar-refractivity contribution in [3.05, 3.63) is 64.1 Å². The molecule has 1 aromatic carbocycles. The van der Waals surface area contributed by atoms with Crippen LogP contribution in [0.1, 0.15) is 27.2 Å². The molecule has 21 heavy (non-hydrogen) atoms. The van der Waals surface area contributed by atoms with Gasteiger partial charge in [0, 0.05) is 12.5 Å². The van der Waals surface area contributed by atoms with E-state index < -0.39 is 5.97 Å². The Morgan fingerprint density at radius 3 is 2.52 bits per heavy atom. The third-order valence-electron chi connectivity index (χ3n) is 3.28. The van der Waals surface area contributed by atoms with Crippen LogP contribution in [0.25, 0.3) is 0 Å². The SMILES string of the molecule is COC(=O)c1c[n+]([O-])c(C)c(OCc2ccccc2)c1C. The lowest BCUT2D eigenvalue weighted by molar-refractivity contribution is -0.613. The molecule has 0 amide bonds. The molecule has 0 radical (unpaired) electrons. The number of methoxy groups -OCH3 is 1. The maximum absolute atomic E-state index is 11.9. The van der Waals surface area contributed by atoms with E-state index in [4.69, 9.17) is 4.74 Å². The van der Waals surface area contributed by atoms with E-state index in [1.807, 2.05) is 30.3 Å². The summed E-state index contributed by atoms with van der Waals surface area (Å²) < 4.78 is 11.0. The molecule has 1 heterocycles. The second-order valence-corrected chi connectivity index (χ2v) is 4.67. The Hall–Kier alpha value is -2.56. The van der Waals surface area contributed by atoms with E-state index in [1.165, 1.54) is 13.3 Å². The molecule has 110 valence electrons. The third kappa shape index (κ3) is 3.13. The zero-order valence-electron chi connectivity index (χ0n) is 12.3. The highest BCUT2D eigenvalue weighted by Crippen LogP contribution is 2.24. The van der Waals surface area contributed by atoms with Gasteiger partial charge in [-0.3, -0.25) is 0 Å². The smallest absolute Gasteiger partial charge is 0.344 e. The van der Waals surface area contributed by atoms with Crippen LogP contribution >= 0.6 is 0 Å². The van der Waals surface area contributed by atoms with Gasteiger partial charge in [0.1, 0.15) is 12.2 Å². The van der Waals surface area contributed by atoms with Crippen molar-refractivity contribution < 1.29 is 19.0 Å². The number of carbonyl (C=O) groups is 1. The summed E-state index contributed by atoms with van der Waals surface area (Å²) in [5.74, 6) is -0.140. The van der Waals surface area contributed by atoms with E-state index in [1.54, 1.807) is 13.8 Å². The summed E-state index contributed by atoms with van der Waals surface area (Å²) in [5, 5.41) is 11.9. The summed E-state index contributed by atoms with van der Waals surface area (Å²) in [5.41, 5.74) is 2.21. The minimum atomic E-state index is -0.554. The average molecular weight is 287 g/mol. The summed E-state index contributed by atoms with van der Waals surface area (Å²) in [6, 6.07) is 9.61. The predicted molar refractivity (Wildman–Crippen MR) is 77.0 cm³/mol. The van der Waals surface area contributed by atoms with Gasteiger partial charge in [-0.1, -0.05) is 30.3 Å². The quantitative estimate of drug-likeness (QED) is 0.492. The zero-order valence-corrected chi connectivity index (χ0v) is 12.3. The number of pyridine rings is 1. The van der Waals surface area contributed by atoms with Gasteiger partial charge >= 0.3 is 5.97 Å². The standard InChI is InChI=1S/C16H17NO4/c1-11-14(16(18)20-3)9-17(19)12(2)15(11)21-10-13-7-5-4-6-8-13/h4-9H,10H2,1-3H3. The lowest BCUT2D eigenvalue weighted by Crippen LogP contribution is -2.32. The summed E-state index contributed by atoms with van der Waals surface area (Å²) in [6.07, 6.45) is 1.21. The molecule has 0 aliphatic rings. The molecule has 0 bridgehead atoms. The molecule has 0 saturated heterocycles. The van der Waals surface area contributed by atoms with Crippen LogP contribution < -0.4 is 9.47 Å². The van der Waals surface area contributed by atoms with Crippen molar-refractivity contribution in [1.82, 2.24) is 0 Å². The van der Waals surface area contributed by atoms with Crippen molar-refractivity contribution in [2.24, 2.45) is 0 Å². The molecule has 0 fully saturated rings. The topological polar surface area (TPSA) is 62.5 Å². The largest absolute Gasteiger partial charge is 0.618 e. The molecule has 5 heteroatoms. The van der Waals surface area contributed by atoms with Gasteiger partial charge < -0.3 is 14.7 Å². The normalized spacial score (nSPS) is 10.2. The fraction of sp³-hybridized carbons (Fsp3) is 0.250. The second-order valence-electron chi connectivity index (χ2n) is 4.67. The Labute approximate surface area is 123 Å². The Morgan fingerprint density at radius 2 is 1.90 bits per heavy atom. The van der Waals surface area contributed by atoms with Crippen molar-refractivity contribution >= 4 is 5.97 Å². The number of nitrogens with zero attached hydrogens (tertiary/aromatic N) is 1. The van der Waals surface area contributed by atoms with E-state index in [-0.39, 0.29) is 5.56 Å². The second kappa shape index (κ2) is 6.26. The Morgan fingerprint density at radius 1 is 1.24 bits per heavy atom. The van der Waals surface area contributed by atoms with Crippen LogP contribution in [0, 0.1) is 19.1 Å². The van der Waals surface area contributed by atoms with Crippen molar-refractivity contribution in [1.29, 1.82) is 0 Å². The van der Waals surface area contributed by atoms with E-state index in [0.29, 0.717) is 28.3 Å². The monoisotopic (exact) mass is 287 g/mol. The molecule has 0 N–H and O–H groups in total. The number of hydrogen-bond acceptors (Lipinski definition) is 4. The fourth-order valence-corrected chi connectivity index (χ4v) is 2.06. The molecule has 0 aliphatic heterocycles. The maximum Gasteiger partial charge on any atom is 0.344 e. The maximum atomic E-state index is 11.9. The summed E-state index contributed by atoms with van der Waals surface area (Å²) in [7, 11) is 1.28. The Balaban J connectivity index is 2.34. The first-order valence-electron chi connectivity index (χ1n) is 6.53. The zero-order chi connectivity index (χ0) is 15.4. The fourth-order valence-electron chi connectivity index (χ4n) is 2.06. The summed E-state index contributed by atoms with van der Waals surface area (Å²) >= 11 is 0. The van der Waals surface area contributed by atoms with E-state index in [9.17, 15) is 10.0 Å². The number of esters is 1. The lowest BCUT2D eigenvalue weighted by atomic mass is 10.1. The third-order valence-corrected chi connectivity index (χ3v) is 3.28. The van der Waals surface area contributed by atoms with Gasteiger partial charge in [-0.2, -0.15) is 4.73 Å².